The SMILES string of the molecule is CCc1onc(C)c1-c1[nH]c2ccccc2c1C(O)CN(C)C. The predicted molar refractivity (Wildman–Crippen MR) is 91.4 cm³/mol. The van der Waals surface area contributed by atoms with Gasteiger partial charge in [0.25, 0.3) is 0 Å². The van der Waals surface area contributed by atoms with Crippen LogP contribution >= 0.6 is 0 Å². The Kier molecular flexibility index (Phi) is 4.24. The molecule has 5 heteroatoms. The van der Waals surface area contributed by atoms with E-state index < -0.39 is 6.10 Å². The van der Waals surface area contributed by atoms with Crippen molar-refractivity contribution in [1.82, 2.24) is 15.0 Å². The zero-order chi connectivity index (χ0) is 16.6. The molecule has 0 saturated carbocycles. The number of H-pyrrole nitrogens is 1. The molecule has 0 radical (unpaired) electrons. The lowest BCUT2D eigenvalue weighted by Gasteiger charge is -2.17. The van der Waals surface area contributed by atoms with E-state index >= 15 is 0 Å². The van der Waals surface area contributed by atoms with Crippen molar-refractivity contribution in [1.29, 1.82) is 0 Å². The number of aliphatic hydroxyl groups is 1. The first-order valence-corrected chi connectivity index (χ1v) is 7.91. The van der Waals surface area contributed by atoms with Gasteiger partial charge in [0.05, 0.1) is 23.1 Å². The number of aryl methyl sites for hydroxylation is 2. The van der Waals surface area contributed by atoms with Gasteiger partial charge in [-0.2, -0.15) is 0 Å². The van der Waals surface area contributed by atoms with Gasteiger partial charge in [-0.1, -0.05) is 30.3 Å². The van der Waals surface area contributed by atoms with Crippen LogP contribution in [0.15, 0.2) is 28.8 Å². The standard InChI is InChI=1S/C18H23N3O2/c1-5-15-16(11(2)20-23-15)18-17(14(22)10-21(3)4)12-8-6-7-9-13(12)19-18/h6-9,14,19,22H,5,10H2,1-4H3. The van der Waals surface area contributed by atoms with Crippen molar-refractivity contribution >= 4 is 10.9 Å². The minimum Gasteiger partial charge on any atom is -0.387 e. The Morgan fingerprint density at radius 3 is 2.74 bits per heavy atom. The van der Waals surface area contributed by atoms with Crippen molar-refractivity contribution in [2.45, 2.75) is 26.4 Å². The summed E-state index contributed by atoms with van der Waals surface area (Å²) in [6, 6.07) is 8.05. The van der Waals surface area contributed by atoms with E-state index in [-0.39, 0.29) is 0 Å². The number of para-hydroxylation sites is 1. The molecule has 1 aromatic carbocycles. The largest absolute Gasteiger partial charge is 0.387 e. The van der Waals surface area contributed by atoms with E-state index in [1.165, 1.54) is 0 Å². The van der Waals surface area contributed by atoms with Crippen LogP contribution in [-0.4, -0.2) is 40.8 Å². The van der Waals surface area contributed by atoms with Gasteiger partial charge < -0.3 is 19.5 Å². The molecular weight excluding hydrogens is 290 g/mol. The Balaban J connectivity index is 2.25. The summed E-state index contributed by atoms with van der Waals surface area (Å²) < 4.78 is 5.45. The van der Waals surface area contributed by atoms with E-state index in [2.05, 4.69) is 10.1 Å². The Morgan fingerprint density at radius 1 is 1.30 bits per heavy atom. The average Bonchev–Trinajstić information content (AvgIpc) is 3.05. The van der Waals surface area contributed by atoms with Crippen LogP contribution in [0.4, 0.5) is 0 Å². The summed E-state index contributed by atoms with van der Waals surface area (Å²) >= 11 is 0. The van der Waals surface area contributed by atoms with Crippen molar-refractivity contribution < 1.29 is 9.63 Å². The lowest BCUT2D eigenvalue weighted by molar-refractivity contribution is 0.140. The van der Waals surface area contributed by atoms with Crippen molar-refractivity contribution in [3.63, 3.8) is 0 Å². The molecule has 3 rings (SSSR count). The molecule has 3 aromatic rings. The molecule has 0 fully saturated rings. The molecule has 5 nitrogen and oxygen atoms in total. The van der Waals surface area contributed by atoms with Crippen LogP contribution in [0.5, 0.6) is 0 Å². The van der Waals surface area contributed by atoms with Crippen LogP contribution in [-0.2, 0) is 6.42 Å². The fraction of sp³-hybridized carbons (Fsp3) is 0.389. The lowest BCUT2D eigenvalue weighted by atomic mass is 9.98. The van der Waals surface area contributed by atoms with Gasteiger partial charge in [0.1, 0.15) is 5.76 Å². The molecule has 1 atom stereocenters. The van der Waals surface area contributed by atoms with Crippen LogP contribution in [0.3, 0.4) is 0 Å². The average molecular weight is 313 g/mol. The molecule has 2 heterocycles. The van der Waals surface area contributed by atoms with Crippen LogP contribution in [0.2, 0.25) is 0 Å². The Labute approximate surface area is 135 Å². The maximum Gasteiger partial charge on any atom is 0.146 e. The molecule has 1 unspecified atom stereocenters. The second-order valence-corrected chi connectivity index (χ2v) is 6.16. The molecular formula is C18H23N3O2. The van der Waals surface area contributed by atoms with Crippen molar-refractivity contribution in [3.8, 4) is 11.3 Å². The smallest absolute Gasteiger partial charge is 0.146 e. The van der Waals surface area contributed by atoms with Gasteiger partial charge in [-0.05, 0) is 27.1 Å². The van der Waals surface area contributed by atoms with Crippen LogP contribution in [0, 0.1) is 6.92 Å². The third-order valence-electron chi connectivity index (χ3n) is 4.12. The Hall–Kier alpha value is -2.11. The number of benzene rings is 1. The van der Waals surface area contributed by atoms with Crippen molar-refractivity contribution in [2.24, 2.45) is 0 Å². The van der Waals surface area contributed by atoms with Gasteiger partial charge in [0, 0.05) is 29.4 Å². The number of fused-ring (bicyclic) bond motifs is 1. The number of aliphatic hydroxyl groups excluding tert-OH is 1. The van der Waals surface area contributed by atoms with Gasteiger partial charge in [0.2, 0.25) is 0 Å². The summed E-state index contributed by atoms with van der Waals surface area (Å²) in [5, 5.41) is 15.9. The number of nitrogens with zero attached hydrogens (tertiary/aromatic N) is 2. The van der Waals surface area contributed by atoms with Crippen molar-refractivity contribution in [3.05, 3.63) is 41.3 Å². The fourth-order valence-corrected chi connectivity index (χ4v) is 3.12. The summed E-state index contributed by atoms with van der Waals surface area (Å²) in [7, 11) is 3.92. The summed E-state index contributed by atoms with van der Waals surface area (Å²) in [5.74, 6) is 0.840. The number of hydrogen-bond acceptors (Lipinski definition) is 4. The molecule has 0 spiro atoms. The predicted octanol–water partition coefficient (Wildman–Crippen LogP) is 3.29. The molecule has 23 heavy (non-hydrogen) atoms. The molecule has 0 amide bonds. The highest BCUT2D eigenvalue weighted by Gasteiger charge is 2.25. The molecule has 0 aliphatic rings. The summed E-state index contributed by atoms with van der Waals surface area (Å²) in [6.45, 7) is 4.54. The van der Waals surface area contributed by atoms with Gasteiger partial charge in [-0.25, -0.2) is 0 Å². The fourth-order valence-electron chi connectivity index (χ4n) is 3.12. The number of aromatic amines is 1. The molecule has 0 bridgehead atoms. The first kappa shape index (κ1) is 15.8. The van der Waals surface area contributed by atoms with Crippen LogP contribution < -0.4 is 0 Å². The number of rotatable bonds is 5. The summed E-state index contributed by atoms with van der Waals surface area (Å²) in [5.41, 5.74) is 4.65. The highest BCUT2D eigenvalue weighted by atomic mass is 16.5. The summed E-state index contributed by atoms with van der Waals surface area (Å²) in [4.78, 5) is 5.44. The van der Waals surface area contributed by atoms with E-state index in [4.69, 9.17) is 4.52 Å². The zero-order valence-corrected chi connectivity index (χ0v) is 14.1. The number of likely N-dealkylation sites (N-methyl/N-ethyl adjacent to an activating group) is 1. The van der Waals surface area contributed by atoms with Gasteiger partial charge in [-0.3, -0.25) is 0 Å². The number of hydrogen-bond donors (Lipinski definition) is 2. The molecule has 122 valence electrons. The minimum atomic E-state index is -0.588. The van der Waals surface area contributed by atoms with Crippen LogP contribution in [0.25, 0.3) is 22.2 Å². The van der Waals surface area contributed by atoms with Crippen molar-refractivity contribution in [2.75, 3.05) is 20.6 Å². The lowest BCUT2D eigenvalue weighted by Crippen LogP contribution is -2.20. The number of aromatic nitrogens is 2. The highest BCUT2D eigenvalue weighted by Crippen LogP contribution is 2.38. The molecule has 0 aliphatic carbocycles. The third-order valence-corrected chi connectivity index (χ3v) is 4.12. The van der Waals surface area contributed by atoms with E-state index in [1.807, 2.05) is 57.1 Å². The van der Waals surface area contributed by atoms with Gasteiger partial charge in [0.15, 0.2) is 0 Å². The normalized spacial score (nSPS) is 13.1. The van der Waals surface area contributed by atoms with E-state index in [0.717, 1.165) is 45.6 Å². The Morgan fingerprint density at radius 2 is 2.04 bits per heavy atom. The maximum atomic E-state index is 10.8. The topological polar surface area (TPSA) is 65.3 Å². The second-order valence-electron chi connectivity index (χ2n) is 6.16. The summed E-state index contributed by atoms with van der Waals surface area (Å²) in [6.07, 6.45) is 0.171. The first-order chi connectivity index (χ1) is 11.0. The monoisotopic (exact) mass is 313 g/mol. The molecule has 0 saturated heterocycles. The molecule has 2 aromatic heterocycles. The zero-order valence-electron chi connectivity index (χ0n) is 14.1. The van der Waals surface area contributed by atoms with E-state index in [0.29, 0.717) is 6.54 Å². The first-order valence-electron chi connectivity index (χ1n) is 7.91. The quantitative estimate of drug-likeness (QED) is 0.758. The minimum absolute atomic E-state index is 0.556. The van der Waals surface area contributed by atoms with E-state index in [9.17, 15) is 5.11 Å². The van der Waals surface area contributed by atoms with E-state index in [1.54, 1.807) is 0 Å². The molecule has 0 aliphatic heterocycles. The number of nitrogens with one attached hydrogen (secondary N) is 1. The molecule has 2 N–H and O–H groups in total. The van der Waals surface area contributed by atoms with Gasteiger partial charge in [-0.15, -0.1) is 0 Å². The second kappa shape index (κ2) is 6.18. The van der Waals surface area contributed by atoms with Crippen LogP contribution in [0.1, 0.15) is 30.0 Å². The third kappa shape index (κ3) is 2.78. The maximum absolute atomic E-state index is 10.8. The highest BCUT2D eigenvalue weighted by molar-refractivity contribution is 5.92. The Bertz CT molecular complexity index is 817. The van der Waals surface area contributed by atoms with Gasteiger partial charge >= 0.3 is 0 Å².